The van der Waals surface area contributed by atoms with Crippen LogP contribution < -0.4 is 11.0 Å². The molecule has 0 saturated carbocycles. The number of anilines is 1. The van der Waals surface area contributed by atoms with Gasteiger partial charge in [0, 0.05) is 17.3 Å². The lowest BCUT2D eigenvalue weighted by Crippen LogP contribution is -2.18. The lowest BCUT2D eigenvalue weighted by Gasteiger charge is -2.03. The van der Waals surface area contributed by atoms with Gasteiger partial charge in [0.25, 0.3) is 0 Å². The number of H-pyrrole nitrogens is 1. The summed E-state index contributed by atoms with van der Waals surface area (Å²) in [4.78, 5) is 14.7. The molecule has 1 aromatic heterocycles. The monoisotopic (exact) mass is 342 g/mol. The lowest BCUT2D eigenvalue weighted by molar-refractivity contribution is 0.556. The van der Waals surface area contributed by atoms with Crippen molar-refractivity contribution in [3.05, 3.63) is 81.5 Å². The summed E-state index contributed by atoms with van der Waals surface area (Å²) in [6, 6.07) is 17.6. The summed E-state index contributed by atoms with van der Waals surface area (Å²) in [7, 11) is 0. The maximum Gasteiger partial charge on any atom is 0.343 e. The maximum atomic E-state index is 11.9. The van der Waals surface area contributed by atoms with Crippen LogP contribution in [-0.2, 0) is 19.5 Å². The van der Waals surface area contributed by atoms with E-state index in [1.54, 1.807) is 0 Å². The van der Waals surface area contributed by atoms with Gasteiger partial charge in [-0.25, -0.2) is 9.48 Å². The van der Waals surface area contributed by atoms with Crippen molar-refractivity contribution in [2.75, 3.05) is 5.32 Å². The van der Waals surface area contributed by atoms with E-state index < -0.39 is 0 Å². The zero-order valence-corrected chi connectivity index (χ0v) is 14.0. The summed E-state index contributed by atoms with van der Waals surface area (Å²) in [5.74, 6) is 0.620. The van der Waals surface area contributed by atoms with Crippen molar-refractivity contribution < 1.29 is 0 Å². The SMILES string of the molecule is O=c1[nH]c(CNc2ccc(Cl)cc2)nn1CCCc1ccccc1. The molecule has 0 aliphatic heterocycles. The van der Waals surface area contributed by atoms with Gasteiger partial charge in [-0.3, -0.25) is 4.98 Å². The Kier molecular flexibility index (Phi) is 5.33. The van der Waals surface area contributed by atoms with Gasteiger partial charge >= 0.3 is 5.69 Å². The Bertz CT molecular complexity index is 824. The average molecular weight is 343 g/mol. The summed E-state index contributed by atoms with van der Waals surface area (Å²) in [6.45, 7) is 1.06. The summed E-state index contributed by atoms with van der Waals surface area (Å²) in [5, 5.41) is 8.23. The molecule has 0 atom stereocenters. The van der Waals surface area contributed by atoms with Crippen LogP contribution in [0.3, 0.4) is 0 Å². The molecule has 2 N–H and O–H groups in total. The molecule has 0 bridgehead atoms. The third-order valence-corrected chi connectivity index (χ3v) is 3.96. The van der Waals surface area contributed by atoms with E-state index in [4.69, 9.17) is 11.6 Å². The van der Waals surface area contributed by atoms with Crippen LogP contribution in [0.2, 0.25) is 5.02 Å². The number of halogens is 1. The first-order chi connectivity index (χ1) is 11.7. The highest BCUT2D eigenvalue weighted by Gasteiger charge is 2.05. The zero-order valence-electron chi connectivity index (χ0n) is 13.2. The topological polar surface area (TPSA) is 62.7 Å². The Morgan fingerprint density at radius 2 is 1.83 bits per heavy atom. The average Bonchev–Trinajstić information content (AvgIpc) is 2.95. The Morgan fingerprint density at radius 1 is 1.08 bits per heavy atom. The molecule has 3 rings (SSSR count). The van der Waals surface area contributed by atoms with Crippen LogP contribution in [0.5, 0.6) is 0 Å². The van der Waals surface area contributed by atoms with Gasteiger partial charge < -0.3 is 5.32 Å². The molecule has 24 heavy (non-hydrogen) atoms. The van der Waals surface area contributed by atoms with Crippen molar-refractivity contribution in [1.82, 2.24) is 14.8 Å². The van der Waals surface area contributed by atoms with E-state index in [0.717, 1.165) is 18.5 Å². The van der Waals surface area contributed by atoms with E-state index in [2.05, 4.69) is 27.5 Å². The summed E-state index contributed by atoms with van der Waals surface area (Å²) < 4.78 is 1.49. The van der Waals surface area contributed by atoms with E-state index in [-0.39, 0.29) is 5.69 Å². The van der Waals surface area contributed by atoms with Crippen molar-refractivity contribution in [3.63, 3.8) is 0 Å². The molecule has 0 spiro atoms. The van der Waals surface area contributed by atoms with Gasteiger partial charge in [-0.2, -0.15) is 5.10 Å². The number of nitrogens with zero attached hydrogens (tertiary/aromatic N) is 2. The number of aromatic nitrogens is 3. The highest BCUT2D eigenvalue weighted by Crippen LogP contribution is 2.13. The maximum absolute atomic E-state index is 11.9. The van der Waals surface area contributed by atoms with Crippen LogP contribution in [0, 0.1) is 0 Å². The fourth-order valence-corrected chi connectivity index (χ4v) is 2.59. The standard InChI is InChI=1S/C18H19ClN4O/c19-15-8-10-16(11-9-15)20-13-17-21-18(24)23(22-17)12-4-7-14-5-2-1-3-6-14/h1-3,5-6,8-11,20H,4,7,12-13H2,(H,21,22,24). The molecule has 0 aliphatic rings. The second-order valence-electron chi connectivity index (χ2n) is 5.55. The predicted molar refractivity (Wildman–Crippen MR) is 96.4 cm³/mol. The van der Waals surface area contributed by atoms with Crippen molar-refractivity contribution >= 4 is 17.3 Å². The molecule has 5 nitrogen and oxygen atoms in total. The Morgan fingerprint density at radius 3 is 2.58 bits per heavy atom. The number of hydrogen-bond donors (Lipinski definition) is 2. The van der Waals surface area contributed by atoms with E-state index in [1.165, 1.54) is 10.2 Å². The summed E-state index contributed by atoms with van der Waals surface area (Å²) >= 11 is 5.85. The number of aromatic amines is 1. The minimum Gasteiger partial charge on any atom is -0.378 e. The van der Waals surface area contributed by atoms with Crippen molar-refractivity contribution in [2.45, 2.75) is 25.9 Å². The van der Waals surface area contributed by atoms with Crippen molar-refractivity contribution in [3.8, 4) is 0 Å². The van der Waals surface area contributed by atoms with Crippen LogP contribution in [0.4, 0.5) is 5.69 Å². The van der Waals surface area contributed by atoms with Gasteiger partial charge in [0.15, 0.2) is 0 Å². The second kappa shape index (κ2) is 7.84. The number of nitrogens with one attached hydrogen (secondary N) is 2. The Balaban J connectivity index is 1.52. The molecule has 124 valence electrons. The Labute approximate surface area is 145 Å². The third kappa shape index (κ3) is 4.49. The first-order valence-electron chi connectivity index (χ1n) is 7.90. The van der Waals surface area contributed by atoms with Gasteiger partial charge in [0.05, 0.1) is 6.54 Å². The van der Waals surface area contributed by atoms with E-state index in [0.29, 0.717) is 23.9 Å². The quantitative estimate of drug-likeness (QED) is 0.691. The second-order valence-corrected chi connectivity index (χ2v) is 5.99. The van der Waals surface area contributed by atoms with Crippen LogP contribution in [0.1, 0.15) is 17.8 Å². The summed E-state index contributed by atoms with van der Waals surface area (Å²) in [5.41, 5.74) is 2.03. The number of hydrogen-bond acceptors (Lipinski definition) is 3. The zero-order chi connectivity index (χ0) is 16.8. The molecule has 6 heteroatoms. The minimum atomic E-state index is -0.170. The molecule has 0 saturated heterocycles. The van der Waals surface area contributed by atoms with Crippen molar-refractivity contribution in [2.24, 2.45) is 0 Å². The van der Waals surface area contributed by atoms with E-state index in [9.17, 15) is 4.79 Å². The van der Waals surface area contributed by atoms with Crippen molar-refractivity contribution in [1.29, 1.82) is 0 Å². The molecule has 0 unspecified atom stereocenters. The number of benzene rings is 2. The molecule has 0 fully saturated rings. The fourth-order valence-electron chi connectivity index (χ4n) is 2.47. The molecular formula is C18H19ClN4O. The molecule has 1 heterocycles. The fraction of sp³-hybridized carbons (Fsp3) is 0.222. The minimum absolute atomic E-state index is 0.170. The highest BCUT2D eigenvalue weighted by molar-refractivity contribution is 6.30. The van der Waals surface area contributed by atoms with Crippen LogP contribution in [0.15, 0.2) is 59.4 Å². The van der Waals surface area contributed by atoms with Gasteiger partial charge in [-0.15, -0.1) is 0 Å². The first kappa shape index (κ1) is 16.3. The number of rotatable bonds is 7. The molecule has 0 aliphatic carbocycles. The van der Waals surface area contributed by atoms with Crippen LogP contribution in [-0.4, -0.2) is 14.8 Å². The molecule has 0 radical (unpaired) electrons. The molecular weight excluding hydrogens is 324 g/mol. The predicted octanol–water partition coefficient (Wildman–Crippen LogP) is 3.47. The lowest BCUT2D eigenvalue weighted by atomic mass is 10.1. The summed E-state index contributed by atoms with van der Waals surface area (Å²) in [6.07, 6.45) is 1.80. The van der Waals surface area contributed by atoms with E-state index in [1.807, 2.05) is 42.5 Å². The molecule has 3 aromatic rings. The highest BCUT2D eigenvalue weighted by atomic mass is 35.5. The van der Waals surface area contributed by atoms with Gasteiger partial charge in [0.1, 0.15) is 5.82 Å². The van der Waals surface area contributed by atoms with Crippen LogP contribution in [0.25, 0.3) is 0 Å². The third-order valence-electron chi connectivity index (χ3n) is 3.71. The van der Waals surface area contributed by atoms with Gasteiger partial charge in [0.2, 0.25) is 0 Å². The first-order valence-corrected chi connectivity index (χ1v) is 8.28. The smallest absolute Gasteiger partial charge is 0.343 e. The van der Waals surface area contributed by atoms with E-state index >= 15 is 0 Å². The molecule has 0 amide bonds. The van der Waals surface area contributed by atoms with Gasteiger partial charge in [-0.1, -0.05) is 41.9 Å². The Hall–Kier alpha value is -2.53. The number of aryl methyl sites for hydroxylation is 2. The van der Waals surface area contributed by atoms with Gasteiger partial charge in [-0.05, 0) is 42.7 Å². The van der Waals surface area contributed by atoms with Crippen LogP contribution >= 0.6 is 11.6 Å². The largest absolute Gasteiger partial charge is 0.378 e. The normalized spacial score (nSPS) is 10.7. The molecule has 2 aromatic carbocycles.